The molecule has 0 aliphatic heterocycles. The van der Waals surface area contributed by atoms with E-state index >= 15 is 0 Å². The zero-order valence-electron chi connectivity index (χ0n) is 18.5. The van der Waals surface area contributed by atoms with Gasteiger partial charge in [0, 0.05) is 19.6 Å². The van der Waals surface area contributed by atoms with E-state index in [1.165, 1.54) is 7.11 Å². The van der Waals surface area contributed by atoms with E-state index in [0.717, 1.165) is 28.7 Å². The van der Waals surface area contributed by atoms with Crippen molar-refractivity contribution in [2.24, 2.45) is 0 Å². The van der Waals surface area contributed by atoms with Gasteiger partial charge in [-0.25, -0.2) is 4.79 Å². The van der Waals surface area contributed by atoms with Crippen molar-refractivity contribution < 1.29 is 29.0 Å². The lowest BCUT2D eigenvalue weighted by atomic mass is 9.76. The first-order valence-electron chi connectivity index (χ1n) is 11.1. The molecular weight excluding hydrogens is 424 g/mol. The Labute approximate surface area is 192 Å². The Hall–Kier alpha value is -3.39. The van der Waals surface area contributed by atoms with Gasteiger partial charge in [0.2, 0.25) is 5.91 Å². The van der Waals surface area contributed by atoms with Gasteiger partial charge in [-0.3, -0.25) is 9.59 Å². The first kappa shape index (κ1) is 22.8. The molecule has 2 aliphatic carbocycles. The van der Waals surface area contributed by atoms with Crippen molar-refractivity contribution in [3.63, 3.8) is 0 Å². The number of nitrogens with one attached hydrogen (secondary N) is 2. The van der Waals surface area contributed by atoms with E-state index in [-0.39, 0.29) is 31.4 Å². The Morgan fingerprint density at radius 2 is 1.67 bits per heavy atom. The summed E-state index contributed by atoms with van der Waals surface area (Å²) in [5.41, 5.74) is 3.49. The molecule has 0 aromatic heterocycles. The van der Waals surface area contributed by atoms with Gasteiger partial charge in [-0.15, -0.1) is 0 Å². The number of carboxylic acids is 1. The molecule has 0 bridgehead atoms. The third-order valence-electron chi connectivity index (χ3n) is 6.55. The molecule has 174 valence electrons. The second-order valence-electron chi connectivity index (χ2n) is 8.55. The second kappa shape index (κ2) is 9.62. The lowest BCUT2D eigenvalue weighted by molar-refractivity contribution is -0.140. The van der Waals surface area contributed by atoms with E-state index in [1.807, 2.05) is 36.4 Å². The molecule has 1 fully saturated rings. The minimum Gasteiger partial charge on any atom is -0.481 e. The molecule has 0 spiro atoms. The number of ether oxygens (including phenoxy) is 2. The van der Waals surface area contributed by atoms with Crippen LogP contribution in [0.4, 0.5) is 4.79 Å². The largest absolute Gasteiger partial charge is 0.481 e. The van der Waals surface area contributed by atoms with Crippen molar-refractivity contribution in [2.45, 2.75) is 43.2 Å². The maximum absolute atomic E-state index is 12.8. The molecule has 8 nitrogen and oxygen atoms in total. The van der Waals surface area contributed by atoms with Crippen LogP contribution in [0.15, 0.2) is 48.5 Å². The number of rotatable bonds is 9. The summed E-state index contributed by atoms with van der Waals surface area (Å²) in [5.74, 6) is -1.42. The van der Waals surface area contributed by atoms with Gasteiger partial charge >= 0.3 is 12.1 Å². The van der Waals surface area contributed by atoms with Crippen LogP contribution >= 0.6 is 0 Å². The predicted molar refractivity (Wildman–Crippen MR) is 121 cm³/mol. The van der Waals surface area contributed by atoms with Gasteiger partial charge in [0.05, 0.1) is 12.5 Å². The van der Waals surface area contributed by atoms with Crippen molar-refractivity contribution in [3.05, 3.63) is 59.7 Å². The van der Waals surface area contributed by atoms with Crippen LogP contribution in [0.3, 0.4) is 0 Å². The predicted octanol–water partition coefficient (Wildman–Crippen LogP) is 3.05. The third kappa shape index (κ3) is 4.71. The molecule has 0 heterocycles. The van der Waals surface area contributed by atoms with Crippen LogP contribution in [0, 0.1) is 0 Å². The van der Waals surface area contributed by atoms with Crippen LogP contribution in [0.1, 0.15) is 42.7 Å². The van der Waals surface area contributed by atoms with Gasteiger partial charge in [-0.05, 0) is 41.5 Å². The zero-order valence-corrected chi connectivity index (χ0v) is 18.5. The van der Waals surface area contributed by atoms with Crippen molar-refractivity contribution in [3.8, 4) is 11.1 Å². The van der Waals surface area contributed by atoms with E-state index in [9.17, 15) is 14.4 Å². The topological polar surface area (TPSA) is 114 Å². The summed E-state index contributed by atoms with van der Waals surface area (Å²) in [4.78, 5) is 36.3. The molecule has 1 atom stereocenters. The summed E-state index contributed by atoms with van der Waals surface area (Å²) in [6, 6.07) is 16.2. The summed E-state index contributed by atoms with van der Waals surface area (Å²) < 4.78 is 10.7. The Kier molecular flexibility index (Phi) is 6.65. The first-order chi connectivity index (χ1) is 15.9. The lowest BCUT2D eigenvalue weighted by Crippen LogP contribution is -2.63. The molecule has 2 amide bonds. The minimum absolute atomic E-state index is 0.0513. The van der Waals surface area contributed by atoms with Crippen molar-refractivity contribution in [1.29, 1.82) is 0 Å². The molecule has 4 rings (SSSR count). The first-order valence-corrected chi connectivity index (χ1v) is 11.1. The van der Waals surface area contributed by atoms with Gasteiger partial charge < -0.3 is 25.2 Å². The molecule has 2 aromatic rings. The van der Waals surface area contributed by atoms with Gasteiger partial charge in [0.25, 0.3) is 0 Å². The van der Waals surface area contributed by atoms with Gasteiger partial charge in [-0.1, -0.05) is 48.5 Å². The Morgan fingerprint density at radius 1 is 1.06 bits per heavy atom. The maximum atomic E-state index is 12.8. The monoisotopic (exact) mass is 452 g/mol. The molecule has 2 aliphatic rings. The zero-order chi connectivity index (χ0) is 23.4. The molecule has 2 aromatic carbocycles. The Bertz CT molecular complexity index is 1000. The molecule has 33 heavy (non-hydrogen) atoms. The van der Waals surface area contributed by atoms with Crippen molar-refractivity contribution >= 4 is 18.0 Å². The van der Waals surface area contributed by atoms with Gasteiger partial charge in [-0.2, -0.15) is 0 Å². The number of hydrogen-bond acceptors (Lipinski definition) is 5. The van der Waals surface area contributed by atoms with E-state index in [2.05, 4.69) is 22.8 Å². The third-order valence-corrected chi connectivity index (χ3v) is 6.55. The maximum Gasteiger partial charge on any atom is 0.408 e. The average Bonchev–Trinajstić information content (AvgIpc) is 3.11. The smallest absolute Gasteiger partial charge is 0.408 e. The normalized spacial score (nSPS) is 16.6. The summed E-state index contributed by atoms with van der Waals surface area (Å²) in [6.45, 7) is 0.220. The van der Waals surface area contributed by atoms with Crippen LogP contribution in [-0.4, -0.2) is 55.0 Å². The second-order valence-corrected chi connectivity index (χ2v) is 8.55. The minimum atomic E-state index is -1.04. The van der Waals surface area contributed by atoms with Crippen molar-refractivity contribution in [2.75, 3.05) is 20.3 Å². The molecule has 0 radical (unpaired) electrons. The number of carbonyl (C=O) groups excluding carboxylic acids is 2. The number of carboxylic acid groups (broad SMARTS) is 1. The molecular formula is C25H28N2O6. The fourth-order valence-corrected chi connectivity index (χ4v) is 4.58. The summed E-state index contributed by atoms with van der Waals surface area (Å²) in [6.07, 6.45) is 0.307. The molecule has 0 saturated heterocycles. The molecule has 1 saturated carbocycles. The van der Waals surface area contributed by atoms with E-state index < -0.39 is 23.7 Å². The Balaban J connectivity index is 1.36. The molecule has 3 N–H and O–H groups in total. The van der Waals surface area contributed by atoms with Gasteiger partial charge in [0.1, 0.15) is 12.1 Å². The molecule has 8 heteroatoms. The van der Waals surface area contributed by atoms with Crippen LogP contribution in [-0.2, 0) is 19.1 Å². The quantitative estimate of drug-likeness (QED) is 0.539. The van der Waals surface area contributed by atoms with E-state index in [4.69, 9.17) is 14.6 Å². The average molecular weight is 453 g/mol. The number of hydrogen-bond donors (Lipinski definition) is 3. The summed E-state index contributed by atoms with van der Waals surface area (Å²) in [7, 11) is 1.40. The number of alkyl carbamates (subject to hydrolysis) is 1. The Morgan fingerprint density at radius 3 is 2.18 bits per heavy atom. The number of methoxy groups -OCH3 is 1. The van der Waals surface area contributed by atoms with Crippen molar-refractivity contribution in [1.82, 2.24) is 10.6 Å². The SMILES string of the molecule is COC(CNC(=O)C1(NC(=O)OCC2c3ccccc3-c3ccccc32)CCC1)CC(=O)O. The van der Waals surface area contributed by atoms with Crippen LogP contribution in [0.5, 0.6) is 0 Å². The highest BCUT2D eigenvalue weighted by Gasteiger charge is 2.46. The van der Waals surface area contributed by atoms with Crippen LogP contribution < -0.4 is 10.6 Å². The standard InChI is InChI=1S/C25H28N2O6/c1-32-16(13-22(28)29)14-26-23(30)25(11-6-12-25)27-24(31)33-15-21-19-9-4-2-7-17(19)18-8-3-5-10-20(18)21/h2-5,7-10,16,21H,6,11-15H2,1H3,(H,26,30)(H,27,31)(H,28,29). The number of carbonyl (C=O) groups is 3. The fourth-order valence-electron chi connectivity index (χ4n) is 4.58. The fraction of sp³-hybridized carbons (Fsp3) is 0.400. The van der Waals surface area contributed by atoms with E-state index in [0.29, 0.717) is 12.8 Å². The van der Waals surface area contributed by atoms with Crippen LogP contribution in [0.25, 0.3) is 11.1 Å². The van der Waals surface area contributed by atoms with Gasteiger partial charge in [0.15, 0.2) is 0 Å². The highest BCUT2D eigenvalue weighted by Crippen LogP contribution is 2.44. The highest BCUT2D eigenvalue weighted by atomic mass is 16.5. The number of aliphatic carboxylic acids is 1. The lowest BCUT2D eigenvalue weighted by Gasteiger charge is -2.40. The van der Waals surface area contributed by atoms with E-state index in [1.54, 1.807) is 0 Å². The number of fused-ring (bicyclic) bond motifs is 3. The number of amides is 2. The molecule has 1 unspecified atom stereocenters. The highest BCUT2D eigenvalue weighted by molar-refractivity contribution is 5.91. The van der Waals surface area contributed by atoms with Crippen LogP contribution in [0.2, 0.25) is 0 Å². The number of benzene rings is 2. The summed E-state index contributed by atoms with van der Waals surface area (Å²) >= 11 is 0. The summed E-state index contributed by atoms with van der Waals surface area (Å²) in [5, 5.41) is 14.4.